The van der Waals surface area contributed by atoms with E-state index in [1.165, 1.54) is 0 Å². The minimum atomic E-state index is -1.09. The van der Waals surface area contributed by atoms with Crippen LogP contribution in [-0.4, -0.2) is 173 Å². The molecule has 20 nitrogen and oxygen atoms in total. The Labute approximate surface area is 469 Å². The minimum absolute atomic E-state index is 0.0939. The van der Waals surface area contributed by atoms with Crippen molar-refractivity contribution in [1.29, 1.82) is 0 Å². The van der Waals surface area contributed by atoms with Crippen molar-refractivity contribution >= 4 is 28.6 Å². The van der Waals surface area contributed by atoms with Crippen molar-refractivity contribution in [3.8, 4) is 11.5 Å². The second-order valence-corrected chi connectivity index (χ2v) is 20.2. The fourth-order valence-electron chi connectivity index (χ4n) is 9.99. The van der Waals surface area contributed by atoms with E-state index >= 15 is 0 Å². The molecule has 0 amide bonds. The lowest BCUT2D eigenvalue weighted by atomic mass is 9.81. The summed E-state index contributed by atoms with van der Waals surface area (Å²) in [5, 5.41) is 28.6. The van der Waals surface area contributed by atoms with Crippen LogP contribution in [0.3, 0.4) is 0 Å². The third-order valence-electron chi connectivity index (χ3n) is 14.0. The number of rotatable bonds is 34. The fourth-order valence-corrected chi connectivity index (χ4v) is 9.99. The summed E-state index contributed by atoms with van der Waals surface area (Å²) in [4.78, 5) is 15.4. The van der Waals surface area contributed by atoms with Crippen molar-refractivity contribution in [2.45, 2.75) is 64.8 Å². The van der Waals surface area contributed by atoms with Gasteiger partial charge in [-0.05, 0) is 90.2 Å². The number of ether oxygens (including phenoxy) is 10. The maximum absolute atomic E-state index is 13.1. The van der Waals surface area contributed by atoms with E-state index in [4.69, 9.17) is 47.4 Å². The molecule has 0 bridgehead atoms. The largest absolute Gasteiger partial charge is 0.491 e. The Balaban J connectivity index is 1.41. The van der Waals surface area contributed by atoms with E-state index in [0.717, 1.165) is 56.5 Å². The number of carboxylic acid groups (broad SMARTS) is 1. The average molecular weight is 1100 g/mol. The van der Waals surface area contributed by atoms with Crippen LogP contribution in [0.2, 0.25) is 0 Å². The summed E-state index contributed by atoms with van der Waals surface area (Å²) < 4.78 is 61.7. The molecular formula is C60H79N8O12+. The Morgan fingerprint density at radius 2 is 1.19 bits per heavy atom. The number of benzene rings is 3. The number of carbonyl (C=O) groups is 1. The standard InChI is InChI=1S/C60H78N8O12/c1-59(2)51-35-49(79-31-27-75-9)17-19-53(51)67(21-23-71-5)55(59)15-11-13-43(14-12-16-56-60(3,4)52-36-50(80-32-28-76-10)18-20-54(52)68(56)22-24-72-6)57-45(37-65-39-47(61-63-65)41-77-29-25-73-7)33-44(58(69)70)34-46(57)38-66-40-48(62-64-66)42-78-30-26-74-8/h11-20,33-36,39-40H,21-32,37-38,41-42H2,1-10H3/p+1. The lowest BCUT2D eigenvalue weighted by Gasteiger charge is -2.26. The van der Waals surface area contributed by atoms with Crippen molar-refractivity contribution in [2.24, 2.45) is 0 Å². The molecule has 0 saturated heterocycles. The molecule has 4 heterocycles. The SMILES string of the molecule is COCCOCc1cn(Cc2cc(C(=O)O)cc(Cn3cc(COCCOC)nn3)c2C(=C\C=C\C2=[N+](CCOC)c3ccc(OCCOC)cc3C2(C)C)/C=C/C=C2/N(CCOC)c3ccc(OCCOC)cc3C2(C)C)nn1. The Hall–Kier alpha value is -6.88. The van der Waals surface area contributed by atoms with Crippen molar-refractivity contribution in [3.05, 3.63) is 148 Å². The van der Waals surface area contributed by atoms with Crippen LogP contribution < -0.4 is 14.4 Å². The smallest absolute Gasteiger partial charge is 0.335 e. The average Bonchev–Trinajstić information content (AvgIpc) is 4.20. The molecule has 430 valence electrons. The van der Waals surface area contributed by atoms with E-state index in [1.807, 2.05) is 24.5 Å². The van der Waals surface area contributed by atoms with Crippen LogP contribution in [0.4, 0.5) is 11.4 Å². The number of aromatic carboxylic acids is 1. The number of aromatic nitrogens is 6. The molecule has 80 heavy (non-hydrogen) atoms. The summed E-state index contributed by atoms with van der Waals surface area (Å²) in [6.45, 7) is 15.3. The Morgan fingerprint density at radius 3 is 1.75 bits per heavy atom. The molecule has 2 aliphatic heterocycles. The summed E-state index contributed by atoms with van der Waals surface area (Å²) in [6.07, 6.45) is 16.2. The number of methoxy groups -OCH3 is 6. The summed E-state index contributed by atoms with van der Waals surface area (Å²) >= 11 is 0. The Kier molecular flexibility index (Phi) is 22.4. The Morgan fingerprint density at radius 1 is 0.637 bits per heavy atom. The van der Waals surface area contributed by atoms with Gasteiger partial charge in [0.2, 0.25) is 5.69 Å². The predicted molar refractivity (Wildman–Crippen MR) is 304 cm³/mol. The first kappa shape index (κ1) is 60.8. The van der Waals surface area contributed by atoms with Gasteiger partial charge in [0.05, 0.1) is 95.9 Å². The number of allylic oxidation sites excluding steroid dienone is 8. The van der Waals surface area contributed by atoms with Crippen LogP contribution in [0.25, 0.3) is 5.57 Å². The van der Waals surface area contributed by atoms with E-state index in [0.29, 0.717) is 102 Å². The van der Waals surface area contributed by atoms with Crippen LogP contribution in [-0.2, 0) is 75.0 Å². The van der Waals surface area contributed by atoms with E-state index in [9.17, 15) is 9.90 Å². The van der Waals surface area contributed by atoms with Crippen molar-refractivity contribution in [2.75, 3.05) is 127 Å². The predicted octanol–water partition coefficient (Wildman–Crippen LogP) is 7.59. The molecule has 0 fully saturated rings. The van der Waals surface area contributed by atoms with Gasteiger partial charge >= 0.3 is 5.97 Å². The van der Waals surface area contributed by atoms with E-state index in [2.05, 4.69) is 119 Å². The molecule has 7 rings (SSSR count). The first-order chi connectivity index (χ1) is 38.8. The van der Waals surface area contributed by atoms with Gasteiger partial charge in [0, 0.05) is 83.7 Å². The number of anilines is 1. The molecule has 20 heteroatoms. The molecule has 0 aliphatic carbocycles. The summed E-state index contributed by atoms with van der Waals surface area (Å²) in [5.74, 6) is 0.438. The summed E-state index contributed by atoms with van der Waals surface area (Å²) in [5.41, 5.74) is 9.79. The fraction of sp³-hybridized carbons (Fsp3) is 0.467. The number of carboxylic acids is 1. The molecule has 0 atom stereocenters. The van der Waals surface area contributed by atoms with Crippen molar-refractivity contribution < 1.29 is 61.8 Å². The van der Waals surface area contributed by atoms with E-state index in [-0.39, 0.29) is 31.9 Å². The topological polar surface area (TPSA) is 197 Å². The molecule has 0 saturated carbocycles. The van der Waals surface area contributed by atoms with Gasteiger partial charge in [-0.3, -0.25) is 0 Å². The summed E-state index contributed by atoms with van der Waals surface area (Å²) in [7, 11) is 9.97. The quantitative estimate of drug-likeness (QED) is 0.0240. The van der Waals surface area contributed by atoms with Gasteiger partial charge in [-0.25, -0.2) is 14.2 Å². The Bertz CT molecular complexity index is 2940. The van der Waals surface area contributed by atoms with Gasteiger partial charge in [0.25, 0.3) is 0 Å². The molecule has 2 aliphatic rings. The molecule has 0 unspecified atom stereocenters. The maximum Gasteiger partial charge on any atom is 0.335 e. The highest BCUT2D eigenvalue weighted by Gasteiger charge is 2.45. The van der Waals surface area contributed by atoms with Crippen LogP contribution in [0.15, 0.2) is 103 Å². The van der Waals surface area contributed by atoms with Gasteiger partial charge in [-0.15, -0.1) is 10.2 Å². The molecule has 0 radical (unpaired) electrons. The van der Waals surface area contributed by atoms with Gasteiger partial charge in [0.1, 0.15) is 42.7 Å². The molecule has 1 N–H and O–H groups in total. The first-order valence-corrected chi connectivity index (χ1v) is 26.8. The number of hydrogen-bond acceptors (Lipinski definition) is 16. The highest BCUT2D eigenvalue weighted by atomic mass is 16.5. The second-order valence-electron chi connectivity index (χ2n) is 20.2. The lowest BCUT2D eigenvalue weighted by Crippen LogP contribution is -2.28. The van der Waals surface area contributed by atoms with Crippen LogP contribution >= 0.6 is 0 Å². The van der Waals surface area contributed by atoms with Crippen molar-refractivity contribution in [1.82, 2.24) is 30.0 Å². The van der Waals surface area contributed by atoms with E-state index < -0.39 is 16.8 Å². The molecule has 2 aromatic heterocycles. The van der Waals surface area contributed by atoms with Gasteiger partial charge in [-0.1, -0.05) is 48.6 Å². The molecular weight excluding hydrogens is 1020 g/mol. The first-order valence-electron chi connectivity index (χ1n) is 26.8. The summed E-state index contributed by atoms with van der Waals surface area (Å²) in [6, 6.07) is 15.8. The lowest BCUT2D eigenvalue weighted by molar-refractivity contribution is -0.441. The second kappa shape index (κ2) is 29.5. The third-order valence-corrected chi connectivity index (χ3v) is 14.0. The highest BCUT2D eigenvalue weighted by molar-refractivity contribution is 6.03. The highest BCUT2D eigenvalue weighted by Crippen LogP contribution is 2.49. The molecule has 3 aromatic carbocycles. The zero-order valence-corrected chi connectivity index (χ0v) is 48.1. The molecule has 0 spiro atoms. The third kappa shape index (κ3) is 15.3. The maximum atomic E-state index is 13.1. The van der Waals surface area contributed by atoms with Gasteiger partial charge < -0.3 is 57.4 Å². The molecule has 5 aromatic rings. The van der Waals surface area contributed by atoms with Crippen LogP contribution in [0, 0.1) is 0 Å². The zero-order chi connectivity index (χ0) is 57.1. The van der Waals surface area contributed by atoms with Gasteiger partial charge in [-0.2, -0.15) is 4.58 Å². The van der Waals surface area contributed by atoms with Crippen LogP contribution in [0.5, 0.6) is 11.5 Å². The number of fused-ring (bicyclic) bond motifs is 2. The monoisotopic (exact) mass is 1100 g/mol. The normalized spacial score (nSPS) is 15.3. The van der Waals surface area contributed by atoms with Crippen LogP contribution in [0.1, 0.15) is 77.3 Å². The van der Waals surface area contributed by atoms with Crippen molar-refractivity contribution in [3.63, 3.8) is 0 Å². The van der Waals surface area contributed by atoms with Gasteiger partial charge in [0.15, 0.2) is 12.3 Å². The zero-order valence-electron chi connectivity index (χ0n) is 48.1. The number of hydrogen-bond donors (Lipinski definition) is 1. The van der Waals surface area contributed by atoms with E-state index in [1.54, 1.807) is 64.2 Å². The minimum Gasteiger partial charge on any atom is -0.491 e. The number of nitrogens with zero attached hydrogens (tertiary/aromatic N) is 8.